The molecule has 2 heterocycles. The van der Waals surface area contributed by atoms with E-state index in [0.717, 1.165) is 37.5 Å². The monoisotopic (exact) mass is 739 g/mol. The minimum Gasteiger partial charge on any atom is -0.497 e. The Morgan fingerprint density at radius 3 is 2.40 bits per heavy atom. The van der Waals surface area contributed by atoms with Crippen LogP contribution < -0.4 is 24.8 Å². The molecule has 15 heteroatoms. The van der Waals surface area contributed by atoms with Crippen LogP contribution in [-0.4, -0.2) is 90.9 Å². The van der Waals surface area contributed by atoms with Gasteiger partial charge in [-0.25, -0.2) is 18.2 Å². The van der Waals surface area contributed by atoms with Crippen molar-refractivity contribution in [2.24, 2.45) is 11.3 Å². The second-order valence-corrected chi connectivity index (χ2v) is 17.4. The van der Waals surface area contributed by atoms with E-state index in [-0.39, 0.29) is 25.5 Å². The SMILES string of the molecule is C=C[C@@H]1C[C@]1(NC(=O)C1C[C@@H](Oc2nccc3cc(OC)ccc23)CN1C(=O)[C@@H](NC(=O)OC1CCCC1)C(C)(C)C)C(=O)NS(=O)(=O)C1CCC1. The molecule has 1 aromatic carbocycles. The molecule has 2 aromatic rings. The number of benzene rings is 1. The number of alkyl carbamates (subject to hydrolysis) is 1. The number of rotatable bonds is 12. The van der Waals surface area contributed by atoms with Gasteiger partial charge in [0, 0.05) is 23.9 Å². The van der Waals surface area contributed by atoms with Gasteiger partial charge in [-0.15, -0.1) is 6.58 Å². The Kier molecular flexibility index (Phi) is 10.5. The molecule has 14 nitrogen and oxygen atoms in total. The van der Waals surface area contributed by atoms with E-state index in [0.29, 0.717) is 29.9 Å². The van der Waals surface area contributed by atoms with E-state index in [4.69, 9.17) is 14.2 Å². The molecule has 282 valence electrons. The van der Waals surface area contributed by atoms with Crippen LogP contribution in [0.5, 0.6) is 11.6 Å². The molecule has 1 aromatic heterocycles. The number of sulfonamides is 1. The summed E-state index contributed by atoms with van der Waals surface area (Å²) in [5.74, 6) is -1.58. The summed E-state index contributed by atoms with van der Waals surface area (Å²) >= 11 is 0. The van der Waals surface area contributed by atoms with Gasteiger partial charge in [-0.1, -0.05) is 33.3 Å². The fourth-order valence-electron chi connectivity index (χ4n) is 7.33. The van der Waals surface area contributed by atoms with Gasteiger partial charge in [0.1, 0.15) is 35.6 Å². The number of carbonyl (C=O) groups excluding carboxylic acids is 4. The Labute approximate surface area is 304 Å². The standard InChI is InChI=1S/C37H49N5O9S/c1-6-23-20-37(23,34(45)41-52(47,48)27-12-9-13-27)40-31(43)29-19-26(50-32-28-15-14-25(49-5)18-22(28)16-17-38-32)21-42(29)33(44)30(36(2,3)4)39-35(46)51-24-10-7-8-11-24/h6,14-18,23-24,26-27,29-30H,1,7-13,19-21H2,2-5H3,(H,39,46)(H,40,43)(H,41,45)/t23-,26-,29?,30-,37-/m1/s1. The number of methoxy groups -OCH3 is 1. The maximum Gasteiger partial charge on any atom is 0.408 e. The van der Waals surface area contributed by atoms with Gasteiger partial charge in [-0.05, 0) is 80.0 Å². The zero-order valence-corrected chi connectivity index (χ0v) is 31.0. The first-order valence-electron chi connectivity index (χ1n) is 18.0. The van der Waals surface area contributed by atoms with Gasteiger partial charge in [0.15, 0.2) is 0 Å². The van der Waals surface area contributed by atoms with E-state index in [1.165, 1.54) is 11.0 Å². The lowest BCUT2D eigenvalue weighted by molar-refractivity contribution is -0.143. The maximum absolute atomic E-state index is 14.5. The molecular weight excluding hydrogens is 691 g/mol. The molecule has 6 rings (SSSR count). The third-order valence-corrected chi connectivity index (χ3v) is 12.6. The highest BCUT2D eigenvalue weighted by Crippen LogP contribution is 2.45. The van der Waals surface area contributed by atoms with Crippen LogP contribution in [0.2, 0.25) is 0 Å². The molecule has 0 radical (unpaired) electrons. The number of fused-ring (bicyclic) bond motifs is 1. The molecule has 5 atom stereocenters. The Morgan fingerprint density at radius 2 is 1.79 bits per heavy atom. The Morgan fingerprint density at radius 1 is 1.06 bits per heavy atom. The summed E-state index contributed by atoms with van der Waals surface area (Å²) < 4.78 is 45.4. The lowest BCUT2D eigenvalue weighted by Gasteiger charge is -2.35. The van der Waals surface area contributed by atoms with Crippen molar-refractivity contribution >= 4 is 44.6 Å². The molecule has 52 heavy (non-hydrogen) atoms. The van der Waals surface area contributed by atoms with Gasteiger partial charge in [-0.2, -0.15) is 0 Å². The van der Waals surface area contributed by atoms with Crippen molar-refractivity contribution in [2.75, 3.05) is 13.7 Å². The van der Waals surface area contributed by atoms with Crippen LogP contribution in [-0.2, 0) is 29.1 Å². The normalized spacial score (nSPS) is 25.5. The molecule has 0 spiro atoms. The average Bonchev–Trinajstić information content (AvgIpc) is 3.32. The quantitative estimate of drug-likeness (QED) is 0.271. The highest BCUT2D eigenvalue weighted by Gasteiger charge is 2.62. The maximum atomic E-state index is 14.5. The largest absolute Gasteiger partial charge is 0.497 e. The summed E-state index contributed by atoms with van der Waals surface area (Å²) in [6.07, 6.45) is 6.77. The average molecular weight is 740 g/mol. The summed E-state index contributed by atoms with van der Waals surface area (Å²) in [4.78, 5) is 61.2. The third kappa shape index (κ3) is 7.69. The summed E-state index contributed by atoms with van der Waals surface area (Å²) in [6.45, 7) is 9.17. The van der Waals surface area contributed by atoms with Crippen molar-refractivity contribution in [3.05, 3.63) is 43.1 Å². The van der Waals surface area contributed by atoms with Crippen molar-refractivity contribution in [2.45, 2.75) is 114 Å². The Bertz CT molecular complexity index is 1840. The van der Waals surface area contributed by atoms with Gasteiger partial charge < -0.3 is 29.7 Å². The Hall–Kier alpha value is -4.40. The van der Waals surface area contributed by atoms with Crippen molar-refractivity contribution in [1.29, 1.82) is 0 Å². The van der Waals surface area contributed by atoms with E-state index in [1.807, 2.05) is 18.2 Å². The van der Waals surface area contributed by atoms with Gasteiger partial charge >= 0.3 is 6.09 Å². The van der Waals surface area contributed by atoms with Gasteiger partial charge in [0.05, 0.1) is 18.9 Å². The van der Waals surface area contributed by atoms with Crippen molar-refractivity contribution in [3.8, 4) is 11.6 Å². The molecule has 1 unspecified atom stereocenters. The number of likely N-dealkylation sites (tertiary alicyclic amines) is 1. The van der Waals surface area contributed by atoms with Crippen molar-refractivity contribution in [3.63, 3.8) is 0 Å². The fourth-order valence-corrected chi connectivity index (χ4v) is 8.89. The lowest BCUT2D eigenvalue weighted by Crippen LogP contribution is -2.60. The third-order valence-electron chi connectivity index (χ3n) is 10.8. The first-order valence-corrected chi connectivity index (χ1v) is 19.6. The molecule has 1 saturated heterocycles. The van der Waals surface area contributed by atoms with Crippen LogP contribution in [0.15, 0.2) is 43.1 Å². The minimum absolute atomic E-state index is 0.0305. The van der Waals surface area contributed by atoms with E-state index in [9.17, 15) is 27.6 Å². The van der Waals surface area contributed by atoms with Crippen LogP contribution in [0.4, 0.5) is 4.79 Å². The summed E-state index contributed by atoms with van der Waals surface area (Å²) in [5.41, 5.74) is -2.34. The van der Waals surface area contributed by atoms with E-state index in [1.54, 1.807) is 40.1 Å². The number of pyridine rings is 1. The number of nitrogens with zero attached hydrogens (tertiary/aromatic N) is 2. The molecule has 3 saturated carbocycles. The molecule has 0 bridgehead atoms. The number of amides is 4. The number of aromatic nitrogens is 1. The molecule has 4 amide bonds. The molecule has 3 N–H and O–H groups in total. The lowest BCUT2D eigenvalue weighted by atomic mass is 9.85. The number of ether oxygens (including phenoxy) is 3. The van der Waals surface area contributed by atoms with E-state index in [2.05, 4.69) is 26.9 Å². The first kappa shape index (κ1) is 37.4. The fraction of sp³-hybridized carbons (Fsp3) is 0.595. The summed E-state index contributed by atoms with van der Waals surface area (Å²) in [7, 11) is -2.35. The molecule has 4 aliphatic rings. The molecular formula is C37H49N5O9S. The second kappa shape index (κ2) is 14.6. The highest BCUT2D eigenvalue weighted by atomic mass is 32.2. The molecule has 1 aliphatic heterocycles. The number of carbonyl (C=O) groups is 4. The summed E-state index contributed by atoms with van der Waals surface area (Å²) in [6, 6.07) is 5.04. The predicted molar refractivity (Wildman–Crippen MR) is 192 cm³/mol. The van der Waals surface area contributed by atoms with Crippen LogP contribution in [0.1, 0.15) is 78.6 Å². The zero-order valence-electron chi connectivity index (χ0n) is 30.2. The molecule has 3 aliphatic carbocycles. The van der Waals surface area contributed by atoms with Gasteiger partial charge in [-0.3, -0.25) is 19.1 Å². The van der Waals surface area contributed by atoms with E-state index < -0.39 is 74.1 Å². The van der Waals surface area contributed by atoms with Crippen molar-refractivity contribution < 1.29 is 41.8 Å². The first-order chi connectivity index (χ1) is 24.6. The predicted octanol–water partition coefficient (Wildman–Crippen LogP) is 3.73. The molecule has 4 fully saturated rings. The smallest absolute Gasteiger partial charge is 0.408 e. The minimum atomic E-state index is -3.93. The van der Waals surface area contributed by atoms with Crippen molar-refractivity contribution in [1.82, 2.24) is 25.2 Å². The van der Waals surface area contributed by atoms with Crippen LogP contribution in [0, 0.1) is 11.3 Å². The van der Waals surface area contributed by atoms with Gasteiger partial charge in [0.2, 0.25) is 27.7 Å². The van der Waals surface area contributed by atoms with Crippen LogP contribution in [0.25, 0.3) is 10.8 Å². The highest BCUT2D eigenvalue weighted by molar-refractivity contribution is 7.90. The van der Waals surface area contributed by atoms with E-state index >= 15 is 0 Å². The summed E-state index contributed by atoms with van der Waals surface area (Å²) in [5, 5.41) is 6.44. The van der Waals surface area contributed by atoms with Crippen LogP contribution in [0.3, 0.4) is 0 Å². The zero-order chi connectivity index (χ0) is 37.4. The van der Waals surface area contributed by atoms with Gasteiger partial charge in [0.25, 0.3) is 5.91 Å². The topological polar surface area (TPSA) is 182 Å². The number of hydrogen-bond acceptors (Lipinski definition) is 10. The number of hydrogen-bond donors (Lipinski definition) is 3. The Balaban J connectivity index is 1.27. The van der Waals surface area contributed by atoms with Crippen LogP contribution >= 0.6 is 0 Å². The second-order valence-electron chi connectivity index (χ2n) is 15.5. The number of nitrogens with one attached hydrogen (secondary N) is 3.